The van der Waals surface area contributed by atoms with Crippen LogP contribution in [0.25, 0.3) is 21.3 Å². The Morgan fingerprint density at radius 1 is 1.32 bits per heavy atom. The molecule has 1 amide bonds. The standard InChI is InChI=1S/C21H25N3O3S/c1-6-14(19(22)25)24-16(7-2)23-20-18(21(24)26)17(12(4)28-20)13-10-11(3)8-9-15(13)27-5/h8-10,14H,6-7H2,1-5H3,(H2,22,25). The molecule has 0 saturated carbocycles. The van der Waals surface area contributed by atoms with E-state index in [-0.39, 0.29) is 5.56 Å². The number of nitrogens with two attached hydrogens (primary N) is 1. The molecule has 0 aliphatic rings. The summed E-state index contributed by atoms with van der Waals surface area (Å²) in [7, 11) is 1.62. The van der Waals surface area contributed by atoms with Gasteiger partial charge in [-0.15, -0.1) is 11.3 Å². The number of carbonyl (C=O) groups is 1. The van der Waals surface area contributed by atoms with Crippen molar-refractivity contribution in [3.05, 3.63) is 44.8 Å². The summed E-state index contributed by atoms with van der Waals surface area (Å²) in [6, 6.07) is 5.17. The number of amides is 1. The van der Waals surface area contributed by atoms with E-state index in [0.717, 1.165) is 21.6 Å². The molecule has 2 aromatic heterocycles. The van der Waals surface area contributed by atoms with Crippen molar-refractivity contribution in [3.63, 3.8) is 0 Å². The van der Waals surface area contributed by atoms with Gasteiger partial charge in [-0.3, -0.25) is 14.2 Å². The smallest absolute Gasteiger partial charge is 0.263 e. The normalized spacial score (nSPS) is 12.3. The second-order valence-electron chi connectivity index (χ2n) is 6.80. The van der Waals surface area contributed by atoms with Crippen LogP contribution in [0, 0.1) is 13.8 Å². The van der Waals surface area contributed by atoms with Gasteiger partial charge >= 0.3 is 0 Å². The van der Waals surface area contributed by atoms with Crippen LogP contribution in [0.2, 0.25) is 0 Å². The van der Waals surface area contributed by atoms with Gasteiger partial charge in [0.1, 0.15) is 22.4 Å². The number of primary amides is 1. The van der Waals surface area contributed by atoms with Gasteiger partial charge in [-0.1, -0.05) is 25.5 Å². The number of hydrogen-bond acceptors (Lipinski definition) is 5. The van der Waals surface area contributed by atoms with Crippen molar-refractivity contribution >= 4 is 27.5 Å². The van der Waals surface area contributed by atoms with E-state index in [4.69, 9.17) is 15.5 Å². The van der Waals surface area contributed by atoms with Gasteiger partial charge in [0.25, 0.3) is 5.56 Å². The monoisotopic (exact) mass is 399 g/mol. The van der Waals surface area contributed by atoms with Crippen LogP contribution in [0.4, 0.5) is 0 Å². The molecule has 0 spiro atoms. The van der Waals surface area contributed by atoms with Gasteiger partial charge < -0.3 is 10.5 Å². The first kappa shape index (κ1) is 20.1. The maximum absolute atomic E-state index is 13.6. The molecule has 2 N–H and O–H groups in total. The van der Waals surface area contributed by atoms with Crippen LogP contribution in [-0.2, 0) is 11.2 Å². The minimum atomic E-state index is -0.716. The Labute approximate surface area is 168 Å². The van der Waals surface area contributed by atoms with E-state index in [1.54, 1.807) is 7.11 Å². The lowest BCUT2D eigenvalue weighted by molar-refractivity contribution is -0.121. The maximum atomic E-state index is 13.6. The van der Waals surface area contributed by atoms with Crippen molar-refractivity contribution in [3.8, 4) is 16.9 Å². The lowest BCUT2D eigenvalue weighted by Crippen LogP contribution is -2.36. The summed E-state index contributed by atoms with van der Waals surface area (Å²) in [5.41, 5.74) is 8.10. The van der Waals surface area contributed by atoms with Gasteiger partial charge in [0.2, 0.25) is 5.91 Å². The minimum absolute atomic E-state index is 0.226. The Bertz CT molecular complexity index is 1110. The number of thiophene rings is 1. The van der Waals surface area contributed by atoms with Crippen molar-refractivity contribution in [2.24, 2.45) is 5.73 Å². The molecule has 3 aromatic rings. The van der Waals surface area contributed by atoms with E-state index in [9.17, 15) is 9.59 Å². The Morgan fingerprint density at radius 2 is 2.04 bits per heavy atom. The largest absolute Gasteiger partial charge is 0.496 e. The number of methoxy groups -OCH3 is 1. The highest BCUT2D eigenvalue weighted by Crippen LogP contribution is 2.40. The zero-order chi connectivity index (χ0) is 20.6. The van der Waals surface area contributed by atoms with E-state index >= 15 is 0 Å². The van der Waals surface area contributed by atoms with Crippen LogP contribution in [0.5, 0.6) is 5.75 Å². The molecule has 1 unspecified atom stereocenters. The number of nitrogens with zero attached hydrogens (tertiary/aromatic N) is 2. The fourth-order valence-corrected chi connectivity index (χ4v) is 4.69. The third-order valence-corrected chi connectivity index (χ3v) is 5.97. The maximum Gasteiger partial charge on any atom is 0.263 e. The third kappa shape index (κ3) is 3.20. The highest BCUT2D eigenvalue weighted by Gasteiger charge is 2.26. The Balaban J connectivity index is 2.45. The molecule has 0 aliphatic heterocycles. The topological polar surface area (TPSA) is 87.2 Å². The number of ether oxygens (including phenoxy) is 1. The lowest BCUT2D eigenvalue weighted by Gasteiger charge is -2.18. The molecule has 0 fully saturated rings. The fraction of sp³-hybridized carbons (Fsp3) is 0.381. The fourth-order valence-electron chi connectivity index (χ4n) is 3.64. The van der Waals surface area contributed by atoms with E-state index < -0.39 is 11.9 Å². The lowest BCUT2D eigenvalue weighted by atomic mass is 10.0. The van der Waals surface area contributed by atoms with Crippen LogP contribution in [0.3, 0.4) is 0 Å². The molecule has 7 heteroatoms. The molecule has 0 saturated heterocycles. The number of rotatable bonds is 6. The summed E-state index contributed by atoms with van der Waals surface area (Å²) in [5, 5.41) is 0.517. The first-order chi connectivity index (χ1) is 13.3. The molecule has 148 valence electrons. The second kappa shape index (κ2) is 7.75. The van der Waals surface area contributed by atoms with E-state index in [0.29, 0.717) is 34.6 Å². The molecule has 6 nitrogen and oxygen atoms in total. The van der Waals surface area contributed by atoms with Crippen molar-refractivity contribution in [1.82, 2.24) is 9.55 Å². The molecule has 0 bridgehead atoms. The predicted molar refractivity (Wildman–Crippen MR) is 113 cm³/mol. The Kier molecular flexibility index (Phi) is 5.56. The van der Waals surface area contributed by atoms with Gasteiger partial charge in [-0.25, -0.2) is 4.98 Å². The first-order valence-corrected chi connectivity index (χ1v) is 10.1. The average Bonchev–Trinajstić information content (AvgIpc) is 2.99. The molecule has 28 heavy (non-hydrogen) atoms. The van der Waals surface area contributed by atoms with Crippen molar-refractivity contribution in [1.29, 1.82) is 0 Å². The molecular formula is C21H25N3O3S. The van der Waals surface area contributed by atoms with Crippen LogP contribution in [-0.4, -0.2) is 22.6 Å². The zero-order valence-electron chi connectivity index (χ0n) is 16.8. The Hall–Kier alpha value is -2.67. The van der Waals surface area contributed by atoms with Gasteiger partial charge in [0.05, 0.1) is 12.5 Å². The molecule has 1 aromatic carbocycles. The third-order valence-electron chi connectivity index (χ3n) is 4.97. The number of hydrogen-bond donors (Lipinski definition) is 1. The summed E-state index contributed by atoms with van der Waals surface area (Å²) < 4.78 is 7.03. The van der Waals surface area contributed by atoms with Gasteiger partial charge in [-0.05, 0) is 32.4 Å². The predicted octanol–water partition coefficient (Wildman–Crippen LogP) is 3.75. The molecule has 0 aliphatic carbocycles. The first-order valence-electron chi connectivity index (χ1n) is 9.32. The van der Waals surface area contributed by atoms with Gasteiger partial charge in [0.15, 0.2) is 0 Å². The number of aryl methyl sites for hydroxylation is 3. The number of benzene rings is 1. The summed E-state index contributed by atoms with van der Waals surface area (Å²) in [5.74, 6) is 0.745. The highest BCUT2D eigenvalue weighted by atomic mass is 32.1. The van der Waals surface area contributed by atoms with Crippen LogP contribution in [0.1, 0.15) is 42.6 Å². The molecule has 2 heterocycles. The van der Waals surface area contributed by atoms with Crippen molar-refractivity contribution in [2.45, 2.75) is 46.6 Å². The van der Waals surface area contributed by atoms with Gasteiger partial charge in [-0.2, -0.15) is 0 Å². The van der Waals surface area contributed by atoms with E-state index in [2.05, 4.69) is 0 Å². The highest BCUT2D eigenvalue weighted by molar-refractivity contribution is 7.19. The summed E-state index contributed by atoms with van der Waals surface area (Å²) >= 11 is 1.48. The number of aromatic nitrogens is 2. The minimum Gasteiger partial charge on any atom is -0.496 e. The summed E-state index contributed by atoms with van der Waals surface area (Å²) in [4.78, 5) is 32.0. The second-order valence-corrected chi connectivity index (χ2v) is 8.00. The quantitative estimate of drug-likeness (QED) is 0.684. The van der Waals surface area contributed by atoms with E-state index in [1.807, 2.05) is 45.9 Å². The molecule has 0 radical (unpaired) electrons. The molecular weight excluding hydrogens is 374 g/mol. The zero-order valence-corrected chi connectivity index (χ0v) is 17.6. The van der Waals surface area contributed by atoms with Crippen molar-refractivity contribution in [2.75, 3.05) is 7.11 Å². The summed E-state index contributed by atoms with van der Waals surface area (Å²) in [6.45, 7) is 7.74. The Morgan fingerprint density at radius 3 is 2.61 bits per heavy atom. The van der Waals surface area contributed by atoms with Crippen molar-refractivity contribution < 1.29 is 9.53 Å². The summed E-state index contributed by atoms with van der Waals surface area (Å²) in [6.07, 6.45) is 0.969. The van der Waals surface area contributed by atoms with Crippen LogP contribution < -0.4 is 16.0 Å². The number of carbonyl (C=O) groups excluding carboxylic acids is 1. The molecule has 1 atom stereocenters. The molecule has 3 rings (SSSR count). The van der Waals surface area contributed by atoms with Gasteiger partial charge in [0, 0.05) is 22.4 Å². The van der Waals surface area contributed by atoms with E-state index in [1.165, 1.54) is 15.9 Å². The van der Waals surface area contributed by atoms with Crippen LogP contribution >= 0.6 is 11.3 Å². The SMILES string of the molecule is CCc1nc2sc(C)c(-c3cc(C)ccc3OC)c2c(=O)n1C(CC)C(N)=O. The average molecular weight is 400 g/mol. The van der Waals surface area contributed by atoms with Crippen LogP contribution in [0.15, 0.2) is 23.0 Å². The number of fused-ring (bicyclic) bond motifs is 1.